The number of hydrogen-bond donors (Lipinski definition) is 0. The van der Waals surface area contributed by atoms with Gasteiger partial charge in [0, 0.05) is 11.6 Å². The summed E-state index contributed by atoms with van der Waals surface area (Å²) in [7, 11) is 0. The highest BCUT2D eigenvalue weighted by Gasteiger charge is 2.17. The summed E-state index contributed by atoms with van der Waals surface area (Å²) in [4.78, 5) is 11.0. The van der Waals surface area contributed by atoms with Crippen LogP contribution in [0.25, 0.3) is 11.3 Å². The minimum Gasteiger partial charge on any atom is -0.297 e. The molecule has 0 spiro atoms. The molecule has 3 rings (SSSR count). The number of halogens is 1. The molecule has 0 aliphatic carbocycles. The van der Waals surface area contributed by atoms with E-state index in [1.54, 1.807) is 12.4 Å². The summed E-state index contributed by atoms with van der Waals surface area (Å²) in [5, 5.41) is 0.425. The van der Waals surface area contributed by atoms with Gasteiger partial charge < -0.3 is 0 Å². The first-order chi connectivity index (χ1) is 10.2. The van der Waals surface area contributed by atoms with Crippen molar-refractivity contribution >= 4 is 11.6 Å². The van der Waals surface area contributed by atoms with Gasteiger partial charge in [-0.25, -0.2) is 4.98 Å². The fraction of sp³-hybridized carbons (Fsp3) is 0.412. The molecule has 0 N–H and O–H groups in total. The zero-order valence-electron chi connectivity index (χ0n) is 12.3. The molecule has 1 saturated heterocycles. The molecule has 2 heterocycles. The van der Waals surface area contributed by atoms with Crippen LogP contribution in [0.2, 0.25) is 5.15 Å². The van der Waals surface area contributed by atoms with Crippen LogP contribution in [0, 0.1) is 0 Å². The molecule has 0 amide bonds. The van der Waals surface area contributed by atoms with E-state index >= 15 is 0 Å². The Bertz CT molecular complexity index is 574. The van der Waals surface area contributed by atoms with Crippen molar-refractivity contribution in [1.82, 2.24) is 14.9 Å². The predicted octanol–water partition coefficient (Wildman–Crippen LogP) is 4.34. The largest absolute Gasteiger partial charge is 0.297 e. The molecule has 0 bridgehead atoms. The van der Waals surface area contributed by atoms with Crippen molar-refractivity contribution in [2.24, 2.45) is 0 Å². The molecule has 0 saturated carbocycles. The van der Waals surface area contributed by atoms with Gasteiger partial charge >= 0.3 is 0 Å². The Hall–Kier alpha value is -1.45. The second-order valence-electron chi connectivity index (χ2n) is 5.62. The second-order valence-corrected chi connectivity index (χ2v) is 6.01. The van der Waals surface area contributed by atoms with Crippen molar-refractivity contribution < 1.29 is 0 Å². The average Bonchev–Trinajstić information content (AvgIpc) is 2.56. The van der Waals surface area contributed by atoms with E-state index in [2.05, 4.69) is 46.1 Å². The van der Waals surface area contributed by atoms with Crippen LogP contribution in [-0.4, -0.2) is 28.0 Å². The van der Waals surface area contributed by atoms with Gasteiger partial charge in [-0.05, 0) is 38.4 Å². The van der Waals surface area contributed by atoms with Crippen LogP contribution >= 0.6 is 11.6 Å². The van der Waals surface area contributed by atoms with Gasteiger partial charge in [0.25, 0.3) is 0 Å². The van der Waals surface area contributed by atoms with Crippen LogP contribution in [-0.2, 0) is 0 Å². The number of aromatic nitrogens is 2. The molecule has 0 radical (unpaired) electrons. The Balaban J connectivity index is 1.75. The van der Waals surface area contributed by atoms with Gasteiger partial charge in [0.15, 0.2) is 0 Å². The molecule has 110 valence electrons. The number of piperidine rings is 1. The number of hydrogen-bond acceptors (Lipinski definition) is 3. The highest BCUT2D eigenvalue weighted by Crippen LogP contribution is 2.26. The van der Waals surface area contributed by atoms with E-state index in [9.17, 15) is 0 Å². The molecular formula is C17H20ClN3. The Kier molecular flexibility index (Phi) is 4.51. The first-order valence-corrected chi connectivity index (χ1v) is 7.94. The lowest BCUT2D eigenvalue weighted by atomic mass is 10.0. The monoisotopic (exact) mass is 301 g/mol. The van der Waals surface area contributed by atoms with E-state index in [-0.39, 0.29) is 0 Å². The Morgan fingerprint density at radius 3 is 2.33 bits per heavy atom. The zero-order chi connectivity index (χ0) is 14.7. The van der Waals surface area contributed by atoms with Crippen LogP contribution in [0.3, 0.4) is 0 Å². The molecule has 1 aliphatic heterocycles. The lowest BCUT2D eigenvalue weighted by Gasteiger charge is -2.32. The van der Waals surface area contributed by atoms with Gasteiger partial charge in [0.1, 0.15) is 5.15 Å². The maximum Gasteiger partial charge on any atom is 0.147 e. The normalized spacial score (nSPS) is 17.6. The maximum absolute atomic E-state index is 5.77. The number of likely N-dealkylation sites (tertiary alicyclic amines) is 1. The summed E-state index contributed by atoms with van der Waals surface area (Å²) < 4.78 is 0. The molecule has 1 fully saturated rings. The molecule has 2 aromatic rings. The second kappa shape index (κ2) is 6.54. The first kappa shape index (κ1) is 14.5. The van der Waals surface area contributed by atoms with Crippen molar-refractivity contribution in [3.63, 3.8) is 0 Å². The molecule has 3 nitrogen and oxygen atoms in total. The first-order valence-electron chi connectivity index (χ1n) is 7.56. The van der Waals surface area contributed by atoms with E-state index in [1.807, 2.05) is 0 Å². The van der Waals surface area contributed by atoms with E-state index in [0.29, 0.717) is 11.2 Å². The molecule has 1 aromatic carbocycles. The lowest BCUT2D eigenvalue weighted by Crippen LogP contribution is -2.32. The highest BCUT2D eigenvalue weighted by molar-refractivity contribution is 6.29. The standard InChI is InChI=1S/C17H20ClN3/c1-13(21-9-3-2-4-10-21)14-5-7-15(8-6-14)16-11-20-17(18)12-19-16/h5-8,11-13H,2-4,9-10H2,1H3/t13-/m0/s1. The van der Waals surface area contributed by atoms with Gasteiger partial charge in [-0.1, -0.05) is 42.3 Å². The molecule has 4 heteroatoms. The van der Waals surface area contributed by atoms with Crippen molar-refractivity contribution in [3.8, 4) is 11.3 Å². The minimum absolute atomic E-state index is 0.425. The molecule has 1 aromatic heterocycles. The zero-order valence-corrected chi connectivity index (χ0v) is 13.1. The minimum atomic E-state index is 0.425. The molecule has 1 aliphatic rings. The SMILES string of the molecule is C[C@@H](c1ccc(-c2cnc(Cl)cn2)cc1)N1CCCCC1. The average molecular weight is 302 g/mol. The van der Waals surface area contributed by atoms with Crippen molar-refractivity contribution in [2.45, 2.75) is 32.2 Å². The number of benzene rings is 1. The summed E-state index contributed by atoms with van der Waals surface area (Å²) in [5.74, 6) is 0. The summed E-state index contributed by atoms with van der Waals surface area (Å²) in [6, 6.07) is 9.12. The Morgan fingerprint density at radius 1 is 1.00 bits per heavy atom. The van der Waals surface area contributed by atoms with Crippen LogP contribution < -0.4 is 0 Å². The lowest BCUT2D eigenvalue weighted by molar-refractivity contribution is 0.175. The molecular weight excluding hydrogens is 282 g/mol. The fourth-order valence-corrected chi connectivity index (χ4v) is 3.01. The van der Waals surface area contributed by atoms with Gasteiger partial charge in [-0.15, -0.1) is 0 Å². The number of rotatable bonds is 3. The Morgan fingerprint density at radius 2 is 1.71 bits per heavy atom. The van der Waals surface area contributed by atoms with Gasteiger partial charge in [-0.3, -0.25) is 9.88 Å². The summed E-state index contributed by atoms with van der Waals surface area (Å²) in [5.41, 5.74) is 3.30. The van der Waals surface area contributed by atoms with Crippen molar-refractivity contribution in [1.29, 1.82) is 0 Å². The smallest absolute Gasteiger partial charge is 0.147 e. The highest BCUT2D eigenvalue weighted by atomic mass is 35.5. The van der Waals surface area contributed by atoms with E-state index in [1.165, 1.54) is 37.9 Å². The van der Waals surface area contributed by atoms with E-state index < -0.39 is 0 Å². The van der Waals surface area contributed by atoms with Gasteiger partial charge in [-0.2, -0.15) is 0 Å². The Labute approximate surface area is 131 Å². The molecule has 1 atom stereocenters. The van der Waals surface area contributed by atoms with Gasteiger partial charge in [0.2, 0.25) is 0 Å². The van der Waals surface area contributed by atoms with Crippen molar-refractivity contribution in [2.75, 3.05) is 13.1 Å². The summed E-state index contributed by atoms with van der Waals surface area (Å²) >= 11 is 5.77. The fourth-order valence-electron chi connectivity index (χ4n) is 2.91. The quantitative estimate of drug-likeness (QED) is 0.844. The van der Waals surface area contributed by atoms with Crippen LogP contribution in [0.5, 0.6) is 0 Å². The van der Waals surface area contributed by atoms with E-state index in [0.717, 1.165) is 11.3 Å². The van der Waals surface area contributed by atoms with Crippen LogP contribution in [0.15, 0.2) is 36.7 Å². The predicted molar refractivity (Wildman–Crippen MR) is 86.3 cm³/mol. The van der Waals surface area contributed by atoms with E-state index in [4.69, 9.17) is 11.6 Å². The topological polar surface area (TPSA) is 29.0 Å². The maximum atomic E-state index is 5.77. The summed E-state index contributed by atoms with van der Waals surface area (Å²) in [6.45, 7) is 4.72. The third-order valence-electron chi connectivity index (χ3n) is 4.25. The third-order valence-corrected chi connectivity index (χ3v) is 4.44. The van der Waals surface area contributed by atoms with Crippen LogP contribution in [0.4, 0.5) is 0 Å². The van der Waals surface area contributed by atoms with Gasteiger partial charge in [0.05, 0.1) is 18.1 Å². The van der Waals surface area contributed by atoms with Crippen molar-refractivity contribution in [3.05, 3.63) is 47.4 Å². The third kappa shape index (κ3) is 3.42. The summed E-state index contributed by atoms with van der Waals surface area (Å²) in [6.07, 6.45) is 7.32. The molecule has 0 unspecified atom stereocenters. The number of nitrogens with zero attached hydrogens (tertiary/aromatic N) is 3. The van der Waals surface area contributed by atoms with Crippen LogP contribution in [0.1, 0.15) is 37.8 Å². The molecule has 21 heavy (non-hydrogen) atoms.